The maximum Gasteiger partial charge on any atom is 0.0336 e. The van der Waals surface area contributed by atoms with Gasteiger partial charge in [0.2, 0.25) is 0 Å². The molecule has 0 radical (unpaired) electrons. The Bertz CT molecular complexity index is 80.9. The first kappa shape index (κ1) is 9.43. The summed E-state index contributed by atoms with van der Waals surface area (Å²) in [4.78, 5) is 0. The number of nitrogens with one attached hydrogen (secondary N) is 2. The lowest BCUT2D eigenvalue weighted by molar-refractivity contribution is 0.199. The number of hydrogen-bond donors (Lipinski definition) is 2. The number of halogens is 2. The fourth-order valence-corrected chi connectivity index (χ4v) is 2.18. The summed E-state index contributed by atoms with van der Waals surface area (Å²) in [6.45, 7) is 2.31. The molecule has 0 aromatic rings. The van der Waals surface area contributed by atoms with Crippen LogP contribution in [-0.2, 0) is 0 Å². The molecule has 0 amide bonds. The van der Waals surface area contributed by atoms with Gasteiger partial charge in [0.1, 0.15) is 0 Å². The molecule has 3 nitrogen and oxygen atoms in total. The summed E-state index contributed by atoms with van der Waals surface area (Å²) in [5.74, 6) is 0. The van der Waals surface area contributed by atoms with Crippen molar-refractivity contribution in [1.29, 1.82) is 0 Å². The summed E-state index contributed by atoms with van der Waals surface area (Å²) < 4.78 is 6.38. The summed E-state index contributed by atoms with van der Waals surface area (Å²) in [7, 11) is 0. The van der Waals surface area contributed by atoms with Crippen molar-refractivity contribution < 1.29 is 0 Å². The van der Waals surface area contributed by atoms with Gasteiger partial charge in [0.15, 0.2) is 0 Å². The van der Waals surface area contributed by atoms with E-state index in [-0.39, 0.29) is 0 Å². The monoisotopic (exact) mass is 367 g/mol. The Morgan fingerprint density at radius 1 is 1.20 bits per heavy atom. The van der Waals surface area contributed by atoms with E-state index in [2.05, 4.69) is 57.9 Å². The van der Waals surface area contributed by atoms with Gasteiger partial charge in [-0.3, -0.25) is 3.53 Å². The Hall–Kier alpha value is 1.34. The smallest absolute Gasteiger partial charge is 0.0336 e. The average Bonchev–Trinajstić information content (AvgIpc) is 2.05. The normalized spacial score (nSPS) is 23.4. The van der Waals surface area contributed by atoms with Gasteiger partial charge in [-0.1, -0.05) is 0 Å². The van der Waals surface area contributed by atoms with Crippen LogP contribution in [0.25, 0.3) is 0 Å². The van der Waals surface area contributed by atoms with Crippen LogP contribution in [0, 0.1) is 0 Å². The summed E-state index contributed by atoms with van der Waals surface area (Å²) >= 11 is 4.41. The summed E-state index contributed by atoms with van der Waals surface area (Å²) in [6.07, 6.45) is 2.50. The number of nitrogens with zero attached hydrogens (tertiary/aromatic N) is 1. The minimum absolute atomic E-state index is 0.724. The molecule has 1 rings (SSSR count). The molecule has 1 aliphatic heterocycles. The van der Waals surface area contributed by atoms with Gasteiger partial charge in [-0.15, -0.1) is 0 Å². The van der Waals surface area contributed by atoms with Gasteiger partial charge in [-0.25, -0.2) is 5.01 Å². The largest absolute Gasteiger partial charge is 0.258 e. The maximum absolute atomic E-state index is 3.26. The SMILES string of the molecule is INC1CCN(NI)CC1. The van der Waals surface area contributed by atoms with Crippen LogP contribution >= 0.6 is 45.7 Å². The van der Waals surface area contributed by atoms with E-state index < -0.39 is 0 Å². The molecule has 0 unspecified atom stereocenters. The molecular formula is C5H11I2N3. The van der Waals surface area contributed by atoms with Gasteiger partial charge in [0, 0.05) is 64.9 Å². The first-order valence-electron chi connectivity index (χ1n) is 3.34. The third-order valence-electron chi connectivity index (χ3n) is 1.77. The lowest BCUT2D eigenvalue weighted by atomic mass is 10.1. The van der Waals surface area contributed by atoms with E-state index in [0.717, 1.165) is 19.1 Å². The Labute approximate surface area is 89.3 Å². The molecule has 0 aromatic carbocycles. The minimum Gasteiger partial charge on any atom is -0.258 e. The van der Waals surface area contributed by atoms with Crippen LogP contribution in [0.1, 0.15) is 12.8 Å². The molecule has 1 aliphatic rings. The minimum atomic E-state index is 0.724. The molecule has 1 saturated heterocycles. The first-order valence-corrected chi connectivity index (χ1v) is 5.50. The van der Waals surface area contributed by atoms with Crippen LogP contribution in [0.4, 0.5) is 0 Å². The molecule has 0 saturated carbocycles. The highest BCUT2D eigenvalue weighted by Crippen LogP contribution is 2.09. The van der Waals surface area contributed by atoms with E-state index >= 15 is 0 Å². The van der Waals surface area contributed by atoms with Gasteiger partial charge < -0.3 is 0 Å². The number of hydrogen-bond acceptors (Lipinski definition) is 3. The van der Waals surface area contributed by atoms with Crippen molar-refractivity contribution in [3.05, 3.63) is 0 Å². The maximum atomic E-state index is 3.26. The molecule has 0 aromatic heterocycles. The first-order chi connectivity index (χ1) is 4.86. The zero-order valence-corrected chi connectivity index (χ0v) is 9.92. The predicted octanol–water partition coefficient (Wildman–Crippen LogP) is 1.25. The molecule has 10 heavy (non-hydrogen) atoms. The second-order valence-electron chi connectivity index (χ2n) is 2.45. The Morgan fingerprint density at radius 3 is 2.20 bits per heavy atom. The lowest BCUT2D eigenvalue weighted by Crippen LogP contribution is -2.43. The fourth-order valence-electron chi connectivity index (χ4n) is 1.07. The van der Waals surface area contributed by atoms with Crippen molar-refractivity contribution in [2.45, 2.75) is 18.9 Å². The van der Waals surface area contributed by atoms with Crippen LogP contribution in [0.15, 0.2) is 0 Å². The highest BCUT2D eigenvalue weighted by Gasteiger charge is 2.16. The molecule has 0 spiro atoms. The van der Waals surface area contributed by atoms with Crippen molar-refractivity contribution in [1.82, 2.24) is 12.2 Å². The quantitative estimate of drug-likeness (QED) is 0.569. The Balaban J connectivity index is 2.17. The van der Waals surface area contributed by atoms with Gasteiger partial charge >= 0.3 is 0 Å². The van der Waals surface area contributed by atoms with Crippen LogP contribution in [-0.4, -0.2) is 24.1 Å². The van der Waals surface area contributed by atoms with E-state index in [4.69, 9.17) is 0 Å². The highest BCUT2D eigenvalue weighted by atomic mass is 127. The summed E-state index contributed by atoms with van der Waals surface area (Å²) in [5, 5.41) is 2.24. The Morgan fingerprint density at radius 2 is 1.80 bits per heavy atom. The molecule has 1 heterocycles. The second kappa shape index (κ2) is 5.07. The molecule has 0 aliphatic carbocycles. The molecule has 2 N–H and O–H groups in total. The van der Waals surface area contributed by atoms with E-state index in [1.807, 2.05) is 0 Å². The third kappa shape index (κ3) is 2.76. The van der Waals surface area contributed by atoms with Crippen LogP contribution in [0.5, 0.6) is 0 Å². The molecule has 5 heteroatoms. The van der Waals surface area contributed by atoms with Gasteiger partial charge in [0.25, 0.3) is 0 Å². The molecule has 60 valence electrons. The van der Waals surface area contributed by atoms with Crippen LogP contribution < -0.4 is 7.17 Å². The van der Waals surface area contributed by atoms with Crippen molar-refractivity contribution in [3.63, 3.8) is 0 Å². The predicted molar refractivity (Wildman–Crippen MR) is 58.9 cm³/mol. The fraction of sp³-hybridized carbons (Fsp3) is 1.00. The second-order valence-corrected chi connectivity index (χ2v) is 3.56. The van der Waals surface area contributed by atoms with E-state index in [9.17, 15) is 0 Å². The number of piperidine rings is 1. The molecule has 0 bridgehead atoms. The van der Waals surface area contributed by atoms with Gasteiger partial charge in [-0.2, -0.15) is 3.64 Å². The lowest BCUT2D eigenvalue weighted by Gasteiger charge is -2.29. The van der Waals surface area contributed by atoms with Crippen molar-refractivity contribution in [2.24, 2.45) is 0 Å². The van der Waals surface area contributed by atoms with Crippen LogP contribution in [0.3, 0.4) is 0 Å². The van der Waals surface area contributed by atoms with E-state index in [0.29, 0.717) is 0 Å². The van der Waals surface area contributed by atoms with Crippen molar-refractivity contribution in [3.8, 4) is 0 Å². The zero-order chi connectivity index (χ0) is 7.40. The standard InChI is InChI=1S/C5H11I2N3/c6-8-5-1-3-10(9-7)4-2-5/h5,8-9H,1-4H2. The van der Waals surface area contributed by atoms with Gasteiger partial charge in [-0.05, 0) is 12.8 Å². The van der Waals surface area contributed by atoms with Crippen LogP contribution in [0.2, 0.25) is 0 Å². The van der Waals surface area contributed by atoms with Crippen molar-refractivity contribution >= 4 is 45.7 Å². The number of rotatable bonds is 2. The zero-order valence-electron chi connectivity index (χ0n) is 5.61. The summed E-state index contributed by atoms with van der Waals surface area (Å²) in [5.41, 5.74) is 0. The molecule has 0 atom stereocenters. The highest BCUT2D eigenvalue weighted by molar-refractivity contribution is 14.1. The molecular weight excluding hydrogens is 356 g/mol. The number of hydrazine groups is 1. The van der Waals surface area contributed by atoms with Gasteiger partial charge in [0.05, 0.1) is 0 Å². The van der Waals surface area contributed by atoms with E-state index in [1.165, 1.54) is 12.8 Å². The Kier molecular flexibility index (Phi) is 4.78. The molecule has 1 fully saturated rings. The van der Waals surface area contributed by atoms with Crippen molar-refractivity contribution in [2.75, 3.05) is 13.1 Å². The summed E-state index contributed by atoms with van der Waals surface area (Å²) in [6, 6.07) is 0.724. The van der Waals surface area contributed by atoms with E-state index in [1.54, 1.807) is 0 Å². The third-order valence-corrected chi connectivity index (χ3v) is 3.33. The average molecular weight is 367 g/mol. The topological polar surface area (TPSA) is 27.3 Å².